The molecule has 9 rings (SSSR count). The molecule has 0 N–H and O–H groups in total. The van der Waals surface area contributed by atoms with Crippen molar-refractivity contribution in [1.29, 1.82) is 0 Å². The number of rotatable bonds is 5. The van der Waals surface area contributed by atoms with Crippen LogP contribution in [0.3, 0.4) is 0 Å². The minimum Gasteiger partial charge on any atom is -0.309 e. The summed E-state index contributed by atoms with van der Waals surface area (Å²) < 4.78 is 4.78. The Labute approximate surface area is 268 Å². The first-order chi connectivity index (χ1) is 22.8. The zero-order valence-electron chi connectivity index (χ0n) is 25.2. The summed E-state index contributed by atoms with van der Waals surface area (Å²) in [5.74, 6) is 0. The first-order valence-corrected chi connectivity index (χ1v) is 15.8. The van der Waals surface area contributed by atoms with E-state index in [1.807, 2.05) is 0 Å². The second-order valence-electron chi connectivity index (χ2n) is 11.8. The summed E-state index contributed by atoms with van der Waals surface area (Å²) in [5, 5.41) is 3.80. The second-order valence-corrected chi connectivity index (χ2v) is 11.8. The van der Waals surface area contributed by atoms with Crippen molar-refractivity contribution in [2.24, 2.45) is 0 Å². The molecule has 0 fully saturated rings. The van der Waals surface area contributed by atoms with Crippen LogP contribution in [0.4, 0.5) is 0 Å². The fourth-order valence-electron chi connectivity index (χ4n) is 7.08. The van der Waals surface area contributed by atoms with Crippen molar-refractivity contribution < 1.29 is 0 Å². The number of hydrogen-bond acceptors (Lipinski definition) is 0. The molecule has 0 radical (unpaired) electrons. The molecule has 0 saturated heterocycles. The van der Waals surface area contributed by atoms with Gasteiger partial charge in [-0.25, -0.2) is 0 Å². The SMILES string of the molecule is c1ccc(-c2c(-c3ccccc3)n(-c3ccc(-c4ccc(-n5c6ccccc6c6ccccc65)cc4)cc3)c3ccccc23)cc1. The highest BCUT2D eigenvalue weighted by Gasteiger charge is 2.21. The number of benzene rings is 7. The summed E-state index contributed by atoms with van der Waals surface area (Å²) in [6, 6.07) is 65.5. The Morgan fingerprint density at radius 2 is 0.652 bits per heavy atom. The molecule has 2 heterocycles. The van der Waals surface area contributed by atoms with E-state index in [0.717, 1.165) is 11.4 Å². The molecule has 7 aromatic carbocycles. The number of nitrogens with zero attached hydrogens (tertiary/aromatic N) is 2. The van der Waals surface area contributed by atoms with Crippen molar-refractivity contribution in [2.45, 2.75) is 0 Å². The number of aromatic nitrogens is 2. The fourth-order valence-corrected chi connectivity index (χ4v) is 7.08. The van der Waals surface area contributed by atoms with Crippen LogP contribution in [-0.2, 0) is 0 Å². The number of para-hydroxylation sites is 3. The van der Waals surface area contributed by atoms with Crippen molar-refractivity contribution in [3.05, 3.63) is 182 Å². The van der Waals surface area contributed by atoms with E-state index in [2.05, 4.69) is 191 Å². The van der Waals surface area contributed by atoms with E-state index in [1.165, 1.54) is 66.2 Å². The van der Waals surface area contributed by atoms with Gasteiger partial charge in [0.05, 0.1) is 22.2 Å². The summed E-state index contributed by atoms with van der Waals surface area (Å²) in [6.45, 7) is 0. The van der Waals surface area contributed by atoms with Gasteiger partial charge in [-0.1, -0.05) is 140 Å². The highest BCUT2D eigenvalue weighted by molar-refractivity contribution is 6.09. The molecule has 0 atom stereocenters. The van der Waals surface area contributed by atoms with E-state index in [-0.39, 0.29) is 0 Å². The Morgan fingerprint density at radius 3 is 1.17 bits per heavy atom. The van der Waals surface area contributed by atoms with Gasteiger partial charge in [0.15, 0.2) is 0 Å². The Hall–Kier alpha value is -6.12. The fraction of sp³-hybridized carbons (Fsp3) is 0. The Kier molecular flexibility index (Phi) is 6.17. The minimum atomic E-state index is 1.14. The van der Waals surface area contributed by atoms with Gasteiger partial charge in [-0.3, -0.25) is 0 Å². The van der Waals surface area contributed by atoms with Crippen LogP contribution in [0.15, 0.2) is 182 Å². The maximum Gasteiger partial charge on any atom is 0.0619 e. The molecule has 2 aromatic heterocycles. The average molecular weight is 587 g/mol. The Bertz CT molecular complexity index is 2430. The summed E-state index contributed by atoms with van der Waals surface area (Å²) in [5.41, 5.74) is 13.2. The molecule has 9 aromatic rings. The zero-order chi connectivity index (χ0) is 30.5. The summed E-state index contributed by atoms with van der Waals surface area (Å²) in [6.07, 6.45) is 0. The molecule has 0 aliphatic carbocycles. The lowest BCUT2D eigenvalue weighted by Gasteiger charge is -2.14. The van der Waals surface area contributed by atoms with Crippen LogP contribution in [0.25, 0.3) is 77.6 Å². The lowest BCUT2D eigenvalue weighted by Crippen LogP contribution is -1.98. The van der Waals surface area contributed by atoms with Crippen LogP contribution in [0, 0.1) is 0 Å². The van der Waals surface area contributed by atoms with Gasteiger partial charge in [0.1, 0.15) is 0 Å². The summed E-state index contributed by atoms with van der Waals surface area (Å²) in [7, 11) is 0. The molecule has 46 heavy (non-hydrogen) atoms. The third-order valence-electron chi connectivity index (χ3n) is 9.15. The topological polar surface area (TPSA) is 9.86 Å². The normalized spacial score (nSPS) is 11.5. The molecule has 0 aliphatic heterocycles. The molecule has 2 heteroatoms. The van der Waals surface area contributed by atoms with Crippen LogP contribution < -0.4 is 0 Å². The molecule has 0 bridgehead atoms. The largest absolute Gasteiger partial charge is 0.309 e. The Morgan fingerprint density at radius 1 is 0.261 bits per heavy atom. The van der Waals surface area contributed by atoms with Crippen LogP contribution in [-0.4, -0.2) is 9.13 Å². The summed E-state index contributed by atoms with van der Waals surface area (Å²) >= 11 is 0. The van der Waals surface area contributed by atoms with E-state index in [1.54, 1.807) is 0 Å². The highest BCUT2D eigenvalue weighted by Crippen LogP contribution is 2.43. The predicted molar refractivity (Wildman–Crippen MR) is 194 cm³/mol. The van der Waals surface area contributed by atoms with Gasteiger partial charge in [0.2, 0.25) is 0 Å². The molecule has 0 saturated carbocycles. The predicted octanol–water partition coefficient (Wildman–Crippen LogP) is 11.7. The van der Waals surface area contributed by atoms with Gasteiger partial charge in [-0.05, 0) is 64.7 Å². The van der Waals surface area contributed by atoms with Crippen LogP contribution >= 0.6 is 0 Å². The zero-order valence-corrected chi connectivity index (χ0v) is 25.2. The van der Waals surface area contributed by atoms with E-state index in [4.69, 9.17) is 0 Å². The molecule has 0 aliphatic rings. The van der Waals surface area contributed by atoms with Gasteiger partial charge in [-0.15, -0.1) is 0 Å². The quantitative estimate of drug-likeness (QED) is 0.190. The molecule has 0 spiro atoms. The van der Waals surface area contributed by atoms with E-state index in [0.29, 0.717) is 0 Å². The highest BCUT2D eigenvalue weighted by atomic mass is 15.0. The van der Waals surface area contributed by atoms with Crippen molar-refractivity contribution in [2.75, 3.05) is 0 Å². The van der Waals surface area contributed by atoms with Gasteiger partial charge >= 0.3 is 0 Å². The van der Waals surface area contributed by atoms with Gasteiger partial charge in [0, 0.05) is 33.1 Å². The first-order valence-electron chi connectivity index (χ1n) is 15.8. The van der Waals surface area contributed by atoms with Crippen LogP contribution in [0.2, 0.25) is 0 Å². The van der Waals surface area contributed by atoms with Gasteiger partial charge in [0.25, 0.3) is 0 Å². The van der Waals surface area contributed by atoms with Crippen molar-refractivity contribution >= 4 is 32.7 Å². The van der Waals surface area contributed by atoms with Crippen LogP contribution in [0.5, 0.6) is 0 Å². The van der Waals surface area contributed by atoms with E-state index < -0.39 is 0 Å². The molecular formula is C44H30N2. The molecular weight excluding hydrogens is 556 g/mol. The first kappa shape index (κ1) is 26.3. The van der Waals surface area contributed by atoms with Crippen LogP contribution in [0.1, 0.15) is 0 Å². The molecule has 0 unspecified atom stereocenters. The molecule has 0 amide bonds. The van der Waals surface area contributed by atoms with Gasteiger partial charge < -0.3 is 9.13 Å². The third-order valence-corrected chi connectivity index (χ3v) is 9.15. The molecule has 216 valence electrons. The van der Waals surface area contributed by atoms with E-state index in [9.17, 15) is 0 Å². The lowest BCUT2D eigenvalue weighted by atomic mass is 9.98. The van der Waals surface area contributed by atoms with E-state index >= 15 is 0 Å². The van der Waals surface area contributed by atoms with Gasteiger partial charge in [-0.2, -0.15) is 0 Å². The number of fused-ring (bicyclic) bond motifs is 4. The standard InChI is InChI=1S/C44H30N2/c1-3-13-33(14-4-1)43-39-19-9-12-22-42(39)46(44(43)34-15-5-2-6-16-34)36-29-25-32(26-30-36)31-23-27-35(28-24-31)45-40-20-10-7-17-37(40)38-18-8-11-21-41(38)45/h1-30H. The lowest BCUT2D eigenvalue weighted by molar-refractivity contribution is 1.13. The van der Waals surface area contributed by atoms with Crippen molar-refractivity contribution in [3.8, 4) is 44.9 Å². The average Bonchev–Trinajstić information content (AvgIpc) is 3.66. The number of hydrogen-bond donors (Lipinski definition) is 0. The maximum absolute atomic E-state index is 2.42. The van der Waals surface area contributed by atoms with Crippen molar-refractivity contribution in [3.63, 3.8) is 0 Å². The monoisotopic (exact) mass is 586 g/mol. The second kappa shape index (κ2) is 10.8. The third kappa shape index (κ3) is 4.19. The Balaban J connectivity index is 1.15. The maximum atomic E-state index is 2.42. The smallest absolute Gasteiger partial charge is 0.0619 e. The minimum absolute atomic E-state index is 1.14. The summed E-state index contributed by atoms with van der Waals surface area (Å²) in [4.78, 5) is 0. The van der Waals surface area contributed by atoms with Crippen molar-refractivity contribution in [1.82, 2.24) is 9.13 Å². The molecule has 2 nitrogen and oxygen atoms in total.